The number of phenols is 1. The Bertz CT molecular complexity index is 952. The largest absolute Gasteiger partial charge is 0.506 e. The monoisotopic (exact) mass is 453 g/mol. The minimum atomic E-state index is -3.89. The van der Waals surface area contributed by atoms with Crippen molar-refractivity contribution in [3.8, 4) is 16.9 Å². The Labute approximate surface area is 158 Å². The molecule has 0 aliphatic carbocycles. The maximum Gasteiger partial charge on any atom is 0.378 e. The Morgan fingerprint density at radius 2 is 1.88 bits per heavy atom. The maximum atomic E-state index is 14.4. The number of alkyl halides is 3. The molecular formula is C15H12BrClF3N3O3. The van der Waals surface area contributed by atoms with Gasteiger partial charge in [-0.15, -0.1) is 0 Å². The third kappa shape index (κ3) is 3.23. The minimum absolute atomic E-state index is 0.00221. The Kier molecular flexibility index (Phi) is 4.82. The summed E-state index contributed by atoms with van der Waals surface area (Å²) >= 11 is 8.11. The lowest BCUT2D eigenvalue weighted by molar-refractivity contribution is -0.128. The molecule has 0 fully saturated rings. The van der Waals surface area contributed by atoms with E-state index in [1.807, 2.05) is 15.9 Å². The molecule has 26 heavy (non-hydrogen) atoms. The van der Waals surface area contributed by atoms with Crippen molar-refractivity contribution in [2.75, 3.05) is 5.32 Å². The number of carbonyl (C=O) groups is 1. The van der Waals surface area contributed by atoms with Gasteiger partial charge in [0, 0.05) is 40.6 Å². The third-order valence-electron chi connectivity index (χ3n) is 4.02. The summed E-state index contributed by atoms with van der Waals surface area (Å²) in [7, 11) is 0. The van der Waals surface area contributed by atoms with Crippen molar-refractivity contribution in [2.24, 2.45) is 0 Å². The Balaban J connectivity index is 2.12. The van der Waals surface area contributed by atoms with Crippen LogP contribution in [0.2, 0.25) is 5.15 Å². The van der Waals surface area contributed by atoms with Crippen molar-refractivity contribution >= 4 is 39.1 Å². The zero-order valence-corrected chi connectivity index (χ0v) is 15.4. The topological polar surface area (TPSA) is 76.3 Å². The highest BCUT2D eigenvalue weighted by Crippen LogP contribution is 2.36. The maximum absolute atomic E-state index is 14.4. The molecule has 3 rings (SSSR count). The van der Waals surface area contributed by atoms with Crippen LogP contribution in [0.15, 0.2) is 16.9 Å². The van der Waals surface area contributed by atoms with Crippen LogP contribution < -0.4 is 10.9 Å². The summed E-state index contributed by atoms with van der Waals surface area (Å²) < 4.78 is 43.2. The van der Waals surface area contributed by atoms with Crippen molar-refractivity contribution < 1.29 is 23.1 Å². The number of nitrogens with one attached hydrogen (secondary N) is 1. The number of fused-ring (bicyclic) bond motifs is 1. The van der Waals surface area contributed by atoms with Crippen molar-refractivity contribution in [3.63, 3.8) is 0 Å². The smallest absolute Gasteiger partial charge is 0.378 e. The highest BCUT2D eigenvalue weighted by molar-refractivity contribution is 9.10. The third-order valence-corrected chi connectivity index (χ3v) is 4.77. The molecule has 6 nitrogen and oxygen atoms in total. The van der Waals surface area contributed by atoms with Gasteiger partial charge in [0.05, 0.1) is 11.3 Å². The van der Waals surface area contributed by atoms with Crippen LogP contribution in [0, 0.1) is 5.82 Å². The van der Waals surface area contributed by atoms with Gasteiger partial charge in [-0.05, 0) is 18.9 Å². The number of nitrogens with zero attached hydrogens (tertiary/aromatic N) is 2. The molecule has 1 aromatic heterocycles. The fourth-order valence-electron chi connectivity index (χ4n) is 2.80. The summed E-state index contributed by atoms with van der Waals surface area (Å²) in [5.74, 6) is -3.51. The molecule has 0 spiro atoms. The molecule has 1 aromatic carbocycles. The Hall–Kier alpha value is -1.94. The number of hydrogen-bond donors (Lipinski definition) is 2. The van der Waals surface area contributed by atoms with Crippen molar-refractivity contribution in [3.05, 3.63) is 33.5 Å². The second kappa shape index (κ2) is 6.66. The highest BCUT2D eigenvalue weighted by Gasteiger charge is 2.35. The molecule has 1 amide bonds. The Morgan fingerprint density at radius 1 is 1.27 bits per heavy atom. The summed E-state index contributed by atoms with van der Waals surface area (Å²) in [4.78, 5) is 20.1. The number of amides is 1. The number of phenolic OH excluding ortho intramolecular Hbond substituents is 1. The molecule has 0 radical (unpaired) electrons. The highest BCUT2D eigenvalue weighted by atomic mass is 79.9. The molecule has 0 saturated carbocycles. The van der Waals surface area contributed by atoms with Gasteiger partial charge < -0.3 is 10.4 Å². The van der Waals surface area contributed by atoms with Gasteiger partial charge in [0.2, 0.25) is 0 Å². The number of aromatic hydroxyl groups is 1. The molecule has 140 valence electrons. The molecular weight excluding hydrogens is 443 g/mol. The van der Waals surface area contributed by atoms with E-state index in [4.69, 9.17) is 11.6 Å². The molecule has 1 aliphatic heterocycles. The fraction of sp³-hybridized carbons (Fsp3) is 0.333. The lowest BCUT2D eigenvalue weighted by Gasteiger charge is -2.17. The van der Waals surface area contributed by atoms with Crippen molar-refractivity contribution in [2.45, 2.75) is 30.8 Å². The van der Waals surface area contributed by atoms with Crippen LogP contribution in [-0.2, 0) is 17.9 Å². The SMILES string of the molecule is O=C(Nc1cc(-c2c(Cl)n3n(c2=O)CCCC3)c(F)cc1O)C(F)(F)Br. The van der Waals surface area contributed by atoms with Crippen molar-refractivity contribution in [1.29, 1.82) is 0 Å². The first-order valence-electron chi connectivity index (χ1n) is 7.51. The summed E-state index contributed by atoms with van der Waals surface area (Å²) in [5.41, 5.74) is -1.48. The van der Waals surface area contributed by atoms with E-state index in [0.717, 1.165) is 18.9 Å². The van der Waals surface area contributed by atoms with E-state index in [1.54, 1.807) is 5.32 Å². The average Bonchev–Trinajstić information content (AvgIpc) is 2.81. The molecule has 2 aromatic rings. The summed E-state index contributed by atoms with van der Waals surface area (Å²) in [6.07, 6.45) is 1.56. The summed E-state index contributed by atoms with van der Waals surface area (Å²) in [5, 5.41) is 11.5. The van der Waals surface area contributed by atoms with E-state index in [-0.39, 0.29) is 16.3 Å². The fourth-order valence-corrected chi connectivity index (χ4v) is 3.26. The van der Waals surface area contributed by atoms with E-state index < -0.39 is 33.6 Å². The van der Waals surface area contributed by atoms with Crippen LogP contribution >= 0.6 is 27.5 Å². The minimum Gasteiger partial charge on any atom is -0.506 e. The van der Waals surface area contributed by atoms with E-state index >= 15 is 0 Å². The lowest BCUT2D eigenvalue weighted by Crippen LogP contribution is -2.28. The lowest BCUT2D eigenvalue weighted by atomic mass is 10.1. The number of rotatable bonds is 3. The van der Waals surface area contributed by atoms with Gasteiger partial charge in [0.1, 0.15) is 16.7 Å². The number of aromatic nitrogens is 2. The van der Waals surface area contributed by atoms with Crippen LogP contribution in [-0.4, -0.2) is 25.2 Å². The van der Waals surface area contributed by atoms with Crippen LogP contribution in [0.5, 0.6) is 5.75 Å². The van der Waals surface area contributed by atoms with Crippen molar-refractivity contribution in [1.82, 2.24) is 9.36 Å². The van der Waals surface area contributed by atoms with E-state index in [0.29, 0.717) is 19.2 Å². The van der Waals surface area contributed by atoms with E-state index in [1.165, 1.54) is 9.36 Å². The Morgan fingerprint density at radius 3 is 2.46 bits per heavy atom. The molecule has 2 N–H and O–H groups in total. The first-order valence-corrected chi connectivity index (χ1v) is 8.68. The van der Waals surface area contributed by atoms with Crippen LogP contribution in [0.25, 0.3) is 11.1 Å². The molecule has 1 aliphatic rings. The molecule has 0 atom stereocenters. The second-order valence-electron chi connectivity index (χ2n) is 5.73. The van der Waals surface area contributed by atoms with Gasteiger partial charge >= 0.3 is 10.7 Å². The summed E-state index contributed by atoms with van der Waals surface area (Å²) in [6.45, 7) is 0.894. The zero-order valence-electron chi connectivity index (χ0n) is 13.0. The molecule has 0 saturated heterocycles. The standard InChI is InChI=1S/C15H12BrClF3N3O3/c16-15(19,20)14(26)21-9-5-7(8(18)6-10(9)24)11-12(17)22-3-1-2-4-23(22)13(11)25/h5-6,24H,1-4H2,(H,21,26). The van der Waals surface area contributed by atoms with Crippen LogP contribution in [0.4, 0.5) is 18.9 Å². The molecule has 11 heteroatoms. The predicted molar refractivity (Wildman–Crippen MR) is 92.5 cm³/mol. The summed E-state index contributed by atoms with van der Waals surface area (Å²) in [6, 6.07) is 1.52. The predicted octanol–water partition coefficient (Wildman–Crippen LogP) is 3.53. The van der Waals surface area contributed by atoms with Gasteiger partial charge in [-0.25, -0.2) is 9.07 Å². The number of anilines is 1. The number of carbonyl (C=O) groups excluding carboxylic acids is 1. The van der Waals surface area contributed by atoms with Crippen LogP contribution in [0.3, 0.4) is 0 Å². The van der Waals surface area contributed by atoms with E-state index in [9.17, 15) is 27.9 Å². The number of halogens is 5. The van der Waals surface area contributed by atoms with Crippen LogP contribution in [0.1, 0.15) is 12.8 Å². The first kappa shape index (κ1) is 18.8. The normalized spacial score (nSPS) is 14.2. The first-order chi connectivity index (χ1) is 12.1. The van der Waals surface area contributed by atoms with Gasteiger partial charge in [0.15, 0.2) is 0 Å². The quantitative estimate of drug-likeness (QED) is 0.550. The number of benzene rings is 1. The number of hydrogen-bond acceptors (Lipinski definition) is 3. The van der Waals surface area contributed by atoms with E-state index in [2.05, 4.69) is 0 Å². The molecule has 2 heterocycles. The molecule has 0 bridgehead atoms. The average molecular weight is 455 g/mol. The van der Waals surface area contributed by atoms with Gasteiger partial charge in [-0.2, -0.15) is 8.78 Å². The van der Waals surface area contributed by atoms with Gasteiger partial charge in [-0.3, -0.25) is 14.3 Å². The molecule has 0 unspecified atom stereocenters. The van der Waals surface area contributed by atoms with Gasteiger partial charge in [-0.1, -0.05) is 11.6 Å². The van der Waals surface area contributed by atoms with Gasteiger partial charge in [0.25, 0.3) is 5.56 Å². The second-order valence-corrected chi connectivity index (χ2v) is 7.08. The zero-order chi connectivity index (χ0) is 19.2.